The first-order chi connectivity index (χ1) is 7.27. The van der Waals surface area contributed by atoms with Crippen LogP contribution in [0.15, 0.2) is 24.3 Å². The Kier molecular flexibility index (Phi) is 29.8. The second-order valence-electron chi connectivity index (χ2n) is 2.47. The molecule has 0 aromatic heterocycles. The van der Waals surface area contributed by atoms with Crippen LogP contribution in [0.1, 0.15) is 13.8 Å². The Bertz CT molecular complexity index is 301. The van der Waals surface area contributed by atoms with Crippen LogP contribution < -0.4 is 10.2 Å². The molecule has 0 fully saturated rings. The molecule has 0 radical (unpaired) electrons. The molecule has 1 aromatic rings. The molecule has 106 valence electrons. The van der Waals surface area contributed by atoms with Crippen molar-refractivity contribution in [2.24, 2.45) is 0 Å². The second kappa shape index (κ2) is 18.7. The van der Waals surface area contributed by atoms with Crippen molar-refractivity contribution in [1.29, 1.82) is 0 Å². The molecule has 8 nitrogen and oxygen atoms in total. The van der Waals surface area contributed by atoms with Crippen LogP contribution in [0.2, 0.25) is 0 Å². The van der Waals surface area contributed by atoms with Crippen molar-refractivity contribution in [2.45, 2.75) is 13.8 Å². The fraction of sp³-hybridized carbons (Fsp3) is 0.200. The number of phenolic OH excluding ortho intramolecular Hbond substituents is 2. The van der Waals surface area contributed by atoms with Crippen molar-refractivity contribution in [3.05, 3.63) is 24.3 Å². The zero-order chi connectivity index (χ0) is 13.1. The van der Waals surface area contributed by atoms with Crippen LogP contribution in [0.25, 0.3) is 0 Å². The molecule has 1 rings (SSSR count). The second-order valence-corrected chi connectivity index (χ2v) is 2.47. The van der Waals surface area contributed by atoms with Crippen molar-refractivity contribution >= 4 is 11.9 Å². The number of carbonyl (C=O) groups is 2. The zero-order valence-electron chi connectivity index (χ0n) is 10.5. The number of carboxylic acid groups (broad SMARTS) is 2. The molecule has 0 spiro atoms. The van der Waals surface area contributed by atoms with Crippen molar-refractivity contribution in [3.8, 4) is 11.5 Å². The van der Waals surface area contributed by atoms with Gasteiger partial charge >= 0.3 is 19.5 Å². The van der Waals surface area contributed by atoms with Crippen molar-refractivity contribution < 1.29 is 60.4 Å². The van der Waals surface area contributed by atoms with E-state index in [0.717, 1.165) is 13.8 Å². The monoisotopic (exact) mass is 328 g/mol. The van der Waals surface area contributed by atoms with E-state index in [-0.39, 0.29) is 41.9 Å². The fourth-order valence-corrected chi connectivity index (χ4v) is 0.464. The van der Waals surface area contributed by atoms with E-state index in [1.807, 2.05) is 0 Å². The first kappa shape index (κ1) is 30.4. The normalized spacial score (nSPS) is 6.42. The standard InChI is InChI=1S/C6H6O2.2C2H4O2.2H2O.Zn/c7-5-3-1-2-4-6(5)8;2*1-2(3)4;;;/h1-4,7-8H;2*1H3,(H,3,4);2*1H2;/q;;;;;+2/p-2. The number of carboxylic acids is 2. The predicted molar refractivity (Wildman–Crippen MR) is 58.4 cm³/mol. The average molecular weight is 330 g/mol. The largest absolute Gasteiger partial charge is 2.00 e. The minimum atomic E-state index is -1.08. The molecule has 0 amide bonds. The van der Waals surface area contributed by atoms with Gasteiger partial charge in [0, 0.05) is 11.9 Å². The molecule has 19 heavy (non-hydrogen) atoms. The Morgan fingerprint density at radius 2 is 1.05 bits per heavy atom. The van der Waals surface area contributed by atoms with E-state index >= 15 is 0 Å². The van der Waals surface area contributed by atoms with E-state index in [9.17, 15) is 0 Å². The van der Waals surface area contributed by atoms with Crippen molar-refractivity contribution in [1.82, 2.24) is 0 Å². The smallest absolute Gasteiger partial charge is 0.550 e. The van der Waals surface area contributed by atoms with E-state index in [4.69, 9.17) is 30.0 Å². The van der Waals surface area contributed by atoms with Gasteiger partial charge in [-0.15, -0.1) is 0 Å². The van der Waals surface area contributed by atoms with Crippen LogP contribution in [0.3, 0.4) is 0 Å². The van der Waals surface area contributed by atoms with E-state index in [0.29, 0.717) is 0 Å². The number of aromatic hydroxyl groups is 2. The van der Waals surface area contributed by atoms with E-state index < -0.39 is 11.9 Å². The molecule has 1 aromatic carbocycles. The van der Waals surface area contributed by atoms with Gasteiger partial charge in [-0.05, 0) is 26.0 Å². The van der Waals surface area contributed by atoms with Crippen molar-refractivity contribution in [2.75, 3.05) is 0 Å². The average Bonchev–Trinajstić information content (AvgIpc) is 2.08. The summed E-state index contributed by atoms with van der Waals surface area (Å²) in [5.74, 6) is -2.32. The number of rotatable bonds is 0. The van der Waals surface area contributed by atoms with Crippen molar-refractivity contribution in [3.63, 3.8) is 0 Å². The third kappa shape index (κ3) is 38.5. The number of carbonyl (C=O) groups excluding carboxylic acids is 2. The Morgan fingerprint density at radius 1 is 0.895 bits per heavy atom. The molecule has 0 aliphatic carbocycles. The van der Waals surface area contributed by atoms with Gasteiger partial charge in [-0.25, -0.2) is 0 Å². The minimum absolute atomic E-state index is 0. The van der Waals surface area contributed by atoms with Crippen LogP contribution in [0, 0.1) is 0 Å². The summed E-state index contributed by atoms with van der Waals surface area (Å²) in [6.07, 6.45) is 0. The van der Waals surface area contributed by atoms with Gasteiger partial charge in [0.2, 0.25) is 0 Å². The van der Waals surface area contributed by atoms with E-state index in [2.05, 4.69) is 0 Å². The number of aliphatic carboxylic acids is 2. The van der Waals surface area contributed by atoms with Crippen LogP contribution in [-0.4, -0.2) is 33.1 Å². The van der Waals surface area contributed by atoms with Gasteiger partial charge in [0.25, 0.3) is 0 Å². The summed E-state index contributed by atoms with van der Waals surface area (Å²) < 4.78 is 0. The van der Waals surface area contributed by atoms with E-state index in [1.165, 1.54) is 12.1 Å². The molecule has 0 unspecified atom stereocenters. The minimum Gasteiger partial charge on any atom is -0.550 e. The fourth-order valence-electron chi connectivity index (χ4n) is 0.464. The zero-order valence-corrected chi connectivity index (χ0v) is 13.5. The number of para-hydroxylation sites is 2. The maximum absolute atomic E-state index is 8.89. The molecule has 0 saturated carbocycles. The van der Waals surface area contributed by atoms with Gasteiger partial charge < -0.3 is 41.0 Å². The summed E-state index contributed by atoms with van der Waals surface area (Å²) >= 11 is 0. The predicted octanol–water partition coefficient (Wildman–Crippen LogP) is -3.04. The summed E-state index contributed by atoms with van der Waals surface area (Å²) in [5.41, 5.74) is 0. The van der Waals surface area contributed by atoms with Gasteiger partial charge in [0.05, 0.1) is 0 Å². The van der Waals surface area contributed by atoms with Crippen LogP contribution in [0.4, 0.5) is 0 Å². The Balaban J connectivity index is -0.0000000526. The van der Waals surface area contributed by atoms with Gasteiger partial charge in [-0.2, -0.15) is 0 Å². The SMILES string of the molecule is CC(=O)[O-].CC(=O)[O-].O.O.Oc1ccccc1O.[Zn+2]. The van der Waals surface area contributed by atoms with E-state index in [1.54, 1.807) is 12.1 Å². The third-order valence-corrected chi connectivity index (χ3v) is 0.882. The van der Waals surface area contributed by atoms with Gasteiger partial charge in [-0.1, -0.05) is 12.1 Å². The molecule has 0 bridgehead atoms. The molecule has 0 aliphatic heterocycles. The third-order valence-electron chi connectivity index (χ3n) is 0.882. The summed E-state index contributed by atoms with van der Waals surface area (Å²) in [6.45, 7) is 1.94. The Hall–Kier alpha value is -1.70. The molecule has 0 heterocycles. The number of hydrogen-bond donors (Lipinski definition) is 2. The number of benzene rings is 1. The summed E-state index contributed by atoms with van der Waals surface area (Å²) in [7, 11) is 0. The topological polar surface area (TPSA) is 184 Å². The van der Waals surface area contributed by atoms with Gasteiger partial charge in [0.1, 0.15) is 0 Å². The maximum Gasteiger partial charge on any atom is 2.00 e. The molecule has 6 N–H and O–H groups in total. The first-order valence-electron chi connectivity index (χ1n) is 4.09. The Labute approximate surface area is 122 Å². The molecule has 0 saturated heterocycles. The molecule has 9 heteroatoms. The van der Waals surface area contributed by atoms with Gasteiger partial charge in [-0.3, -0.25) is 0 Å². The van der Waals surface area contributed by atoms with Gasteiger partial charge in [0.15, 0.2) is 11.5 Å². The summed E-state index contributed by atoms with van der Waals surface area (Å²) in [5, 5.41) is 35.1. The molecule has 0 atom stereocenters. The summed E-state index contributed by atoms with van der Waals surface area (Å²) in [6, 6.07) is 6.15. The quantitative estimate of drug-likeness (QED) is 0.376. The first-order valence-corrected chi connectivity index (χ1v) is 4.09. The Morgan fingerprint density at radius 3 is 1.16 bits per heavy atom. The molecule has 0 aliphatic rings. The molecular weight excluding hydrogens is 313 g/mol. The molecular formula is C10H16O8Zn. The van der Waals surface area contributed by atoms with Crippen LogP contribution in [-0.2, 0) is 29.1 Å². The number of hydrogen-bond acceptors (Lipinski definition) is 6. The van der Waals surface area contributed by atoms with Crippen LogP contribution >= 0.6 is 0 Å². The number of phenols is 2. The summed E-state index contributed by atoms with van der Waals surface area (Å²) in [4.78, 5) is 17.8. The van der Waals surface area contributed by atoms with Crippen LogP contribution in [0.5, 0.6) is 11.5 Å². The maximum atomic E-state index is 8.89.